The molecule has 0 unspecified atom stereocenters. The first-order valence-corrected chi connectivity index (χ1v) is 5.80. The van der Waals surface area contributed by atoms with Crippen molar-refractivity contribution < 1.29 is 4.79 Å². The monoisotopic (exact) mass is 218 g/mol. The molecule has 1 aromatic rings. The molecule has 1 saturated carbocycles. The van der Waals surface area contributed by atoms with Crippen LogP contribution in [0.25, 0.3) is 0 Å². The summed E-state index contributed by atoms with van der Waals surface area (Å²) in [6.45, 7) is 3.22. The fourth-order valence-electron chi connectivity index (χ4n) is 1.84. The van der Waals surface area contributed by atoms with Crippen LogP contribution in [0.15, 0.2) is 24.3 Å². The van der Waals surface area contributed by atoms with E-state index in [2.05, 4.69) is 0 Å². The van der Waals surface area contributed by atoms with Gasteiger partial charge in [-0.2, -0.15) is 0 Å². The van der Waals surface area contributed by atoms with Gasteiger partial charge in [-0.3, -0.25) is 4.79 Å². The van der Waals surface area contributed by atoms with Gasteiger partial charge in [0.15, 0.2) is 0 Å². The average Bonchev–Trinajstić information content (AvgIpc) is 3.10. The molecule has 86 valence electrons. The Balaban J connectivity index is 2.12. The number of rotatable bonds is 4. The van der Waals surface area contributed by atoms with E-state index in [1.54, 1.807) is 0 Å². The number of nitrogens with zero attached hydrogens (tertiary/aromatic N) is 1. The van der Waals surface area contributed by atoms with Gasteiger partial charge in [0, 0.05) is 24.7 Å². The third-order valence-electron chi connectivity index (χ3n) is 2.92. The van der Waals surface area contributed by atoms with E-state index >= 15 is 0 Å². The summed E-state index contributed by atoms with van der Waals surface area (Å²) in [5.41, 5.74) is 7.48. The maximum atomic E-state index is 12.2. The highest BCUT2D eigenvalue weighted by molar-refractivity contribution is 5.94. The molecule has 0 atom stereocenters. The Morgan fingerprint density at radius 1 is 1.38 bits per heavy atom. The van der Waals surface area contributed by atoms with Gasteiger partial charge in [-0.1, -0.05) is 17.7 Å². The van der Waals surface area contributed by atoms with Crippen LogP contribution in [0.5, 0.6) is 0 Å². The molecule has 1 aliphatic rings. The van der Waals surface area contributed by atoms with Crippen molar-refractivity contribution in [3.8, 4) is 0 Å². The SMILES string of the molecule is Cc1ccc(C(=O)N(CCN)C2CC2)cc1. The first-order chi connectivity index (χ1) is 7.72. The van der Waals surface area contributed by atoms with Gasteiger partial charge in [0.05, 0.1) is 0 Å². The minimum atomic E-state index is 0.118. The predicted octanol–water partition coefficient (Wildman–Crippen LogP) is 1.56. The summed E-state index contributed by atoms with van der Waals surface area (Å²) in [4.78, 5) is 14.1. The number of carbonyl (C=O) groups is 1. The lowest BCUT2D eigenvalue weighted by Crippen LogP contribution is -2.37. The lowest BCUT2D eigenvalue weighted by molar-refractivity contribution is 0.0748. The molecule has 3 nitrogen and oxygen atoms in total. The van der Waals surface area contributed by atoms with Crippen molar-refractivity contribution in [1.29, 1.82) is 0 Å². The third kappa shape index (κ3) is 2.42. The quantitative estimate of drug-likeness (QED) is 0.833. The predicted molar refractivity (Wildman–Crippen MR) is 64.3 cm³/mol. The Bertz CT molecular complexity index is 368. The van der Waals surface area contributed by atoms with E-state index in [0.29, 0.717) is 19.1 Å². The van der Waals surface area contributed by atoms with E-state index in [1.165, 1.54) is 5.56 Å². The molecule has 2 rings (SSSR count). The molecule has 0 spiro atoms. The maximum absolute atomic E-state index is 12.2. The van der Waals surface area contributed by atoms with Crippen LogP contribution in [0.2, 0.25) is 0 Å². The molecule has 0 aliphatic heterocycles. The topological polar surface area (TPSA) is 46.3 Å². The smallest absolute Gasteiger partial charge is 0.254 e. The second-order valence-electron chi connectivity index (χ2n) is 4.38. The van der Waals surface area contributed by atoms with Gasteiger partial charge in [0.25, 0.3) is 5.91 Å². The zero-order valence-electron chi connectivity index (χ0n) is 9.65. The Morgan fingerprint density at radius 3 is 2.50 bits per heavy atom. The van der Waals surface area contributed by atoms with Gasteiger partial charge in [0.1, 0.15) is 0 Å². The summed E-state index contributed by atoms with van der Waals surface area (Å²) >= 11 is 0. The van der Waals surface area contributed by atoms with Crippen molar-refractivity contribution in [2.24, 2.45) is 5.73 Å². The summed E-state index contributed by atoms with van der Waals surface area (Å²) < 4.78 is 0. The van der Waals surface area contributed by atoms with E-state index < -0.39 is 0 Å². The number of aryl methyl sites for hydroxylation is 1. The van der Waals surface area contributed by atoms with Crippen LogP contribution in [-0.2, 0) is 0 Å². The largest absolute Gasteiger partial charge is 0.334 e. The van der Waals surface area contributed by atoms with Gasteiger partial charge < -0.3 is 10.6 Å². The summed E-state index contributed by atoms with van der Waals surface area (Å²) in [5, 5.41) is 0. The lowest BCUT2D eigenvalue weighted by Gasteiger charge is -2.21. The van der Waals surface area contributed by atoms with Gasteiger partial charge in [-0.25, -0.2) is 0 Å². The number of benzene rings is 1. The van der Waals surface area contributed by atoms with Gasteiger partial charge >= 0.3 is 0 Å². The Labute approximate surface area is 96.2 Å². The molecule has 16 heavy (non-hydrogen) atoms. The van der Waals surface area contributed by atoms with Crippen LogP contribution in [0, 0.1) is 6.92 Å². The molecule has 0 radical (unpaired) electrons. The average molecular weight is 218 g/mol. The van der Waals surface area contributed by atoms with E-state index in [4.69, 9.17) is 5.73 Å². The zero-order chi connectivity index (χ0) is 11.5. The fraction of sp³-hybridized carbons (Fsp3) is 0.462. The van der Waals surface area contributed by atoms with Gasteiger partial charge in [-0.15, -0.1) is 0 Å². The molecule has 1 fully saturated rings. The molecule has 1 aromatic carbocycles. The number of hydrogen-bond acceptors (Lipinski definition) is 2. The van der Waals surface area contributed by atoms with E-state index in [0.717, 1.165) is 18.4 Å². The molecular formula is C13H18N2O. The molecule has 3 heteroatoms. The fourth-order valence-corrected chi connectivity index (χ4v) is 1.84. The Hall–Kier alpha value is -1.35. The first kappa shape index (κ1) is 11.1. The number of amides is 1. The minimum absolute atomic E-state index is 0.118. The molecule has 0 heterocycles. The van der Waals surface area contributed by atoms with Crippen LogP contribution in [0.4, 0.5) is 0 Å². The van der Waals surface area contributed by atoms with Crippen LogP contribution in [0.1, 0.15) is 28.8 Å². The van der Waals surface area contributed by atoms with Crippen molar-refractivity contribution in [3.63, 3.8) is 0 Å². The third-order valence-corrected chi connectivity index (χ3v) is 2.92. The van der Waals surface area contributed by atoms with Crippen molar-refractivity contribution in [2.75, 3.05) is 13.1 Å². The highest BCUT2D eigenvalue weighted by Crippen LogP contribution is 2.27. The molecule has 0 saturated heterocycles. The van der Waals surface area contributed by atoms with E-state index in [-0.39, 0.29) is 5.91 Å². The van der Waals surface area contributed by atoms with Crippen molar-refractivity contribution >= 4 is 5.91 Å². The minimum Gasteiger partial charge on any atom is -0.334 e. The second-order valence-corrected chi connectivity index (χ2v) is 4.38. The van der Waals surface area contributed by atoms with Gasteiger partial charge in [-0.05, 0) is 31.9 Å². The van der Waals surface area contributed by atoms with Crippen molar-refractivity contribution in [1.82, 2.24) is 4.90 Å². The summed E-state index contributed by atoms with van der Waals surface area (Å²) in [7, 11) is 0. The number of hydrogen-bond donors (Lipinski definition) is 1. The standard InChI is InChI=1S/C13H18N2O/c1-10-2-4-11(5-3-10)13(16)15(9-8-14)12-6-7-12/h2-5,12H,6-9,14H2,1H3. The molecule has 1 amide bonds. The number of carbonyl (C=O) groups excluding carboxylic acids is 1. The first-order valence-electron chi connectivity index (χ1n) is 5.80. The highest BCUT2D eigenvalue weighted by Gasteiger charge is 2.32. The van der Waals surface area contributed by atoms with Crippen molar-refractivity contribution in [2.45, 2.75) is 25.8 Å². The maximum Gasteiger partial charge on any atom is 0.254 e. The molecule has 0 aromatic heterocycles. The molecule has 0 bridgehead atoms. The summed E-state index contributed by atoms with van der Waals surface area (Å²) in [5.74, 6) is 0.118. The molecule has 2 N–H and O–H groups in total. The summed E-state index contributed by atoms with van der Waals surface area (Å²) in [6.07, 6.45) is 2.25. The van der Waals surface area contributed by atoms with Gasteiger partial charge in [0.2, 0.25) is 0 Å². The lowest BCUT2D eigenvalue weighted by atomic mass is 10.1. The van der Waals surface area contributed by atoms with Crippen LogP contribution in [-0.4, -0.2) is 29.9 Å². The summed E-state index contributed by atoms with van der Waals surface area (Å²) in [6, 6.07) is 8.16. The molecule has 1 aliphatic carbocycles. The highest BCUT2D eigenvalue weighted by atomic mass is 16.2. The van der Waals surface area contributed by atoms with Crippen LogP contribution in [0.3, 0.4) is 0 Å². The Kier molecular flexibility index (Phi) is 3.25. The van der Waals surface area contributed by atoms with E-state index in [9.17, 15) is 4.79 Å². The molecular weight excluding hydrogens is 200 g/mol. The van der Waals surface area contributed by atoms with Crippen molar-refractivity contribution in [3.05, 3.63) is 35.4 Å². The number of nitrogens with two attached hydrogens (primary N) is 1. The van der Waals surface area contributed by atoms with Crippen LogP contribution < -0.4 is 5.73 Å². The Morgan fingerprint density at radius 2 is 2.00 bits per heavy atom. The van der Waals surface area contributed by atoms with Crippen LogP contribution >= 0.6 is 0 Å². The normalized spacial score (nSPS) is 14.9. The van der Waals surface area contributed by atoms with E-state index in [1.807, 2.05) is 36.1 Å². The second kappa shape index (κ2) is 4.66. The zero-order valence-corrected chi connectivity index (χ0v) is 9.65.